The largest absolute Gasteiger partial charge is 0.489 e. The lowest BCUT2D eigenvalue weighted by Gasteiger charge is -2.28. The quantitative estimate of drug-likeness (QED) is 0.266. The smallest absolute Gasteiger partial charge is 0.330 e. The highest BCUT2D eigenvalue weighted by Crippen LogP contribution is 2.63. The fourth-order valence-electron chi connectivity index (χ4n) is 5.12. The van der Waals surface area contributed by atoms with Gasteiger partial charge < -0.3 is 18.9 Å². The Morgan fingerprint density at radius 2 is 1.61 bits per heavy atom. The van der Waals surface area contributed by atoms with E-state index in [0.29, 0.717) is 22.8 Å². The second-order valence-electron chi connectivity index (χ2n) is 8.34. The maximum atomic E-state index is 11.4. The minimum absolute atomic E-state index is 0.114. The molecule has 0 radical (unpaired) electrons. The van der Waals surface area contributed by atoms with Gasteiger partial charge in [0, 0.05) is 34.1 Å². The fourth-order valence-corrected chi connectivity index (χ4v) is 5.38. The first kappa shape index (κ1) is 23.2. The second kappa shape index (κ2) is 9.87. The highest BCUT2D eigenvalue weighted by molar-refractivity contribution is 6.36. The number of carbonyl (C=O) groups is 2. The Balaban J connectivity index is 1.72. The van der Waals surface area contributed by atoms with Crippen LogP contribution in [0.4, 0.5) is 0 Å². The van der Waals surface area contributed by atoms with Crippen LogP contribution in [0.2, 0.25) is 5.02 Å². The molecular weight excluding hydrogens is 444 g/mol. The Morgan fingerprint density at radius 3 is 2.24 bits per heavy atom. The second-order valence-corrected chi connectivity index (χ2v) is 8.75. The SMILES string of the molecule is C=CC(=O)OCCOc1c2c(c(OCCOC(=O)C=C)c3c(Cl)cccc13)C1CC(C)C2C1. The van der Waals surface area contributed by atoms with Gasteiger partial charge in [0.05, 0.1) is 5.02 Å². The van der Waals surface area contributed by atoms with Crippen LogP contribution >= 0.6 is 11.6 Å². The van der Waals surface area contributed by atoms with Gasteiger partial charge in [-0.1, -0.05) is 43.8 Å². The molecule has 0 spiro atoms. The van der Waals surface area contributed by atoms with E-state index in [-0.39, 0.29) is 26.4 Å². The first-order valence-electron chi connectivity index (χ1n) is 11.1. The molecule has 2 aromatic carbocycles. The van der Waals surface area contributed by atoms with E-state index >= 15 is 0 Å². The van der Waals surface area contributed by atoms with Crippen molar-refractivity contribution in [2.45, 2.75) is 31.6 Å². The van der Waals surface area contributed by atoms with Gasteiger partial charge in [0.25, 0.3) is 0 Å². The van der Waals surface area contributed by atoms with Gasteiger partial charge in [-0.15, -0.1) is 0 Å². The molecular formula is C26H27ClO6. The monoisotopic (exact) mass is 470 g/mol. The van der Waals surface area contributed by atoms with E-state index in [1.165, 1.54) is 0 Å². The molecule has 33 heavy (non-hydrogen) atoms. The normalized spacial score (nSPS) is 20.2. The molecule has 6 nitrogen and oxygen atoms in total. The van der Waals surface area contributed by atoms with Crippen LogP contribution in [0.3, 0.4) is 0 Å². The van der Waals surface area contributed by atoms with Gasteiger partial charge in [0.15, 0.2) is 0 Å². The van der Waals surface area contributed by atoms with E-state index < -0.39 is 11.9 Å². The number of halogens is 1. The predicted molar refractivity (Wildman–Crippen MR) is 126 cm³/mol. The van der Waals surface area contributed by atoms with Crippen LogP contribution in [0.15, 0.2) is 43.5 Å². The number of fused-ring (bicyclic) bond motifs is 6. The summed E-state index contributed by atoms with van der Waals surface area (Å²) in [7, 11) is 0. The van der Waals surface area contributed by atoms with E-state index in [9.17, 15) is 9.59 Å². The molecule has 4 rings (SSSR count). The molecule has 3 atom stereocenters. The van der Waals surface area contributed by atoms with Crippen molar-refractivity contribution >= 4 is 34.3 Å². The summed E-state index contributed by atoms with van der Waals surface area (Å²) in [6.45, 7) is 9.74. The molecule has 7 heteroatoms. The maximum absolute atomic E-state index is 11.4. The summed E-state index contributed by atoms with van der Waals surface area (Å²) in [6.07, 6.45) is 4.37. The van der Waals surface area contributed by atoms with E-state index in [2.05, 4.69) is 20.1 Å². The standard InChI is InChI=1S/C26H27ClO6/c1-4-20(28)30-9-11-32-25-17-7-6-8-19(27)23(17)26(33-12-10-31-21(29)5-2)22-16-13-15(3)18(14-16)24(22)25/h4-8,15-16,18H,1-2,9-14H2,3H3. The average molecular weight is 471 g/mol. The lowest BCUT2D eigenvalue weighted by molar-refractivity contribution is -0.139. The highest BCUT2D eigenvalue weighted by atomic mass is 35.5. The zero-order valence-electron chi connectivity index (χ0n) is 18.6. The number of hydrogen-bond acceptors (Lipinski definition) is 6. The zero-order valence-corrected chi connectivity index (χ0v) is 19.4. The van der Waals surface area contributed by atoms with Crippen molar-refractivity contribution in [2.24, 2.45) is 5.92 Å². The minimum Gasteiger partial charge on any atom is -0.489 e. The Kier molecular flexibility index (Phi) is 6.94. The van der Waals surface area contributed by atoms with Crippen molar-refractivity contribution in [3.8, 4) is 11.5 Å². The summed E-state index contributed by atoms with van der Waals surface area (Å²) in [5.74, 6) is 1.80. The van der Waals surface area contributed by atoms with E-state index in [0.717, 1.165) is 58.4 Å². The van der Waals surface area contributed by atoms with E-state index in [1.807, 2.05) is 18.2 Å². The third-order valence-corrected chi connectivity index (χ3v) is 6.72. The molecule has 2 aliphatic rings. The first-order valence-corrected chi connectivity index (χ1v) is 11.5. The summed E-state index contributed by atoms with van der Waals surface area (Å²) in [4.78, 5) is 22.8. The molecule has 0 aliphatic heterocycles. The Morgan fingerprint density at radius 1 is 0.970 bits per heavy atom. The van der Waals surface area contributed by atoms with Gasteiger partial charge in [-0.05, 0) is 36.7 Å². The van der Waals surface area contributed by atoms with Crippen LogP contribution in [-0.2, 0) is 19.1 Å². The summed E-state index contributed by atoms with van der Waals surface area (Å²) in [5.41, 5.74) is 2.29. The summed E-state index contributed by atoms with van der Waals surface area (Å²) >= 11 is 6.66. The van der Waals surface area contributed by atoms with E-state index in [4.69, 9.17) is 30.5 Å². The topological polar surface area (TPSA) is 71.1 Å². The number of benzene rings is 2. The van der Waals surface area contributed by atoms with Gasteiger partial charge in [-0.2, -0.15) is 0 Å². The lowest BCUT2D eigenvalue weighted by atomic mass is 9.82. The van der Waals surface area contributed by atoms with Crippen molar-refractivity contribution in [2.75, 3.05) is 26.4 Å². The molecule has 0 aromatic heterocycles. The molecule has 2 bridgehead atoms. The third-order valence-electron chi connectivity index (χ3n) is 6.41. The lowest BCUT2D eigenvalue weighted by Crippen LogP contribution is -2.16. The van der Waals surface area contributed by atoms with Gasteiger partial charge in [-0.3, -0.25) is 0 Å². The molecule has 0 heterocycles. The first-order chi connectivity index (χ1) is 16.0. The van der Waals surface area contributed by atoms with Crippen molar-refractivity contribution in [3.63, 3.8) is 0 Å². The molecule has 0 saturated heterocycles. The molecule has 0 amide bonds. The van der Waals surface area contributed by atoms with Gasteiger partial charge in [-0.25, -0.2) is 9.59 Å². The Bertz CT molecular complexity index is 1110. The molecule has 1 fully saturated rings. The molecule has 2 aromatic rings. The summed E-state index contributed by atoms with van der Waals surface area (Å²) < 4.78 is 22.6. The van der Waals surface area contributed by atoms with Crippen molar-refractivity contribution in [1.29, 1.82) is 0 Å². The van der Waals surface area contributed by atoms with E-state index in [1.54, 1.807) is 0 Å². The Hall–Kier alpha value is -2.99. The molecule has 2 aliphatic carbocycles. The number of ether oxygens (including phenoxy) is 4. The Labute approximate surface area is 198 Å². The van der Waals surface area contributed by atoms with Crippen LogP contribution in [0.5, 0.6) is 11.5 Å². The van der Waals surface area contributed by atoms with Gasteiger partial charge in [0.1, 0.15) is 37.9 Å². The van der Waals surface area contributed by atoms with Crippen molar-refractivity contribution in [1.82, 2.24) is 0 Å². The third kappa shape index (κ3) is 4.44. The number of rotatable bonds is 10. The predicted octanol–water partition coefficient (Wildman–Crippen LogP) is 5.32. The maximum Gasteiger partial charge on any atom is 0.330 e. The number of hydrogen-bond donors (Lipinski definition) is 0. The van der Waals surface area contributed by atoms with Crippen LogP contribution < -0.4 is 9.47 Å². The van der Waals surface area contributed by atoms with Crippen molar-refractivity contribution in [3.05, 3.63) is 59.7 Å². The van der Waals surface area contributed by atoms with Crippen LogP contribution in [-0.4, -0.2) is 38.4 Å². The number of esters is 2. The molecule has 1 saturated carbocycles. The van der Waals surface area contributed by atoms with Gasteiger partial charge in [0.2, 0.25) is 0 Å². The van der Waals surface area contributed by atoms with Gasteiger partial charge >= 0.3 is 11.9 Å². The molecule has 0 N–H and O–H groups in total. The minimum atomic E-state index is -0.486. The van der Waals surface area contributed by atoms with Crippen molar-refractivity contribution < 1.29 is 28.5 Å². The zero-order chi connectivity index (χ0) is 23.5. The van der Waals surface area contributed by atoms with Crippen LogP contribution in [0.1, 0.15) is 42.7 Å². The van der Waals surface area contributed by atoms with Crippen LogP contribution in [0, 0.1) is 5.92 Å². The van der Waals surface area contributed by atoms with Crippen LogP contribution in [0.25, 0.3) is 10.8 Å². The summed E-state index contributed by atoms with van der Waals surface area (Å²) in [6, 6.07) is 5.67. The average Bonchev–Trinajstić information content (AvgIpc) is 3.37. The molecule has 3 unspecified atom stereocenters. The molecule has 174 valence electrons. The number of carbonyl (C=O) groups excluding carboxylic acids is 2. The summed E-state index contributed by atoms with van der Waals surface area (Å²) in [5, 5.41) is 2.20. The fraction of sp³-hybridized carbons (Fsp3) is 0.385. The highest BCUT2D eigenvalue weighted by Gasteiger charge is 2.46.